The summed E-state index contributed by atoms with van der Waals surface area (Å²) in [5.74, 6) is 0. The van der Waals surface area contributed by atoms with Crippen LogP contribution in [0.2, 0.25) is 0 Å². The molecule has 3 heteroatoms. The first-order valence-corrected chi connectivity index (χ1v) is 9.54. The normalized spacial score (nSPS) is 12.7. The molecule has 1 aromatic heterocycles. The van der Waals surface area contributed by atoms with Gasteiger partial charge in [0.05, 0.1) is 29.1 Å². The van der Waals surface area contributed by atoms with Crippen molar-refractivity contribution in [3.63, 3.8) is 0 Å². The monoisotopic (exact) mass is 362 g/mol. The fraction of sp³-hybridized carbons (Fsp3) is 0.333. The Labute approximate surface area is 163 Å². The maximum absolute atomic E-state index is 10.1. The van der Waals surface area contributed by atoms with E-state index in [0.717, 1.165) is 28.9 Å². The Morgan fingerprint density at radius 1 is 1.26 bits per heavy atom. The summed E-state index contributed by atoms with van der Waals surface area (Å²) in [5, 5.41) is 19.3. The first-order chi connectivity index (χ1) is 13.0. The SMILES string of the molecule is C/C=C\C(C)=C(\CC)c1ccc(C(C)O)c(-c2cccc(C#N)c2)n1.CC. The molecular formula is C24H30N2O. The lowest BCUT2D eigenvalue weighted by molar-refractivity contribution is 0.199. The van der Waals surface area contributed by atoms with Gasteiger partial charge in [-0.2, -0.15) is 5.26 Å². The number of allylic oxidation sites excluding steroid dienone is 4. The van der Waals surface area contributed by atoms with E-state index in [2.05, 4.69) is 26.0 Å². The van der Waals surface area contributed by atoms with Crippen LogP contribution in [0.15, 0.2) is 54.1 Å². The molecule has 27 heavy (non-hydrogen) atoms. The number of nitriles is 1. The lowest BCUT2D eigenvalue weighted by Crippen LogP contribution is -2.01. The molecule has 0 aliphatic heterocycles. The van der Waals surface area contributed by atoms with Gasteiger partial charge in [0.15, 0.2) is 0 Å². The van der Waals surface area contributed by atoms with Gasteiger partial charge in [0.1, 0.15) is 0 Å². The lowest BCUT2D eigenvalue weighted by atomic mass is 9.97. The predicted octanol–water partition coefficient (Wildman–Crippen LogP) is 6.46. The van der Waals surface area contributed by atoms with Gasteiger partial charge in [-0.25, -0.2) is 4.98 Å². The Morgan fingerprint density at radius 3 is 2.52 bits per heavy atom. The minimum absolute atomic E-state index is 0.581. The van der Waals surface area contributed by atoms with E-state index in [1.807, 2.05) is 57.2 Å². The van der Waals surface area contributed by atoms with Crippen molar-refractivity contribution in [2.24, 2.45) is 0 Å². The molecule has 1 aromatic carbocycles. The molecule has 0 fully saturated rings. The van der Waals surface area contributed by atoms with Crippen LogP contribution in [-0.2, 0) is 0 Å². The number of pyridine rings is 1. The molecule has 0 aliphatic carbocycles. The smallest absolute Gasteiger partial charge is 0.0991 e. The minimum Gasteiger partial charge on any atom is -0.389 e. The number of nitrogens with zero attached hydrogens (tertiary/aromatic N) is 2. The van der Waals surface area contributed by atoms with Gasteiger partial charge in [0, 0.05) is 11.1 Å². The summed E-state index contributed by atoms with van der Waals surface area (Å²) in [6.45, 7) is 11.9. The number of hydrogen-bond donors (Lipinski definition) is 1. The first-order valence-electron chi connectivity index (χ1n) is 9.54. The second-order valence-electron chi connectivity index (χ2n) is 6.02. The summed E-state index contributed by atoms with van der Waals surface area (Å²) in [4.78, 5) is 4.85. The van der Waals surface area contributed by atoms with Crippen LogP contribution in [0.3, 0.4) is 0 Å². The van der Waals surface area contributed by atoms with E-state index in [0.29, 0.717) is 5.56 Å². The Bertz CT molecular complexity index is 855. The van der Waals surface area contributed by atoms with Crippen molar-refractivity contribution in [3.8, 4) is 17.3 Å². The summed E-state index contributed by atoms with van der Waals surface area (Å²) < 4.78 is 0. The van der Waals surface area contributed by atoms with Gasteiger partial charge in [-0.15, -0.1) is 0 Å². The number of rotatable bonds is 5. The van der Waals surface area contributed by atoms with E-state index in [-0.39, 0.29) is 0 Å². The fourth-order valence-corrected chi connectivity index (χ4v) is 2.95. The van der Waals surface area contributed by atoms with Gasteiger partial charge in [-0.1, -0.05) is 51.1 Å². The molecule has 1 unspecified atom stereocenters. The molecule has 2 aromatic rings. The van der Waals surface area contributed by atoms with Crippen LogP contribution in [-0.4, -0.2) is 10.1 Å². The summed E-state index contributed by atoms with van der Waals surface area (Å²) in [6, 6.07) is 13.4. The van der Waals surface area contributed by atoms with Crippen molar-refractivity contribution in [1.82, 2.24) is 4.98 Å². The molecule has 0 saturated carbocycles. The zero-order valence-corrected chi connectivity index (χ0v) is 17.2. The van der Waals surface area contributed by atoms with Gasteiger partial charge in [-0.05, 0) is 56.5 Å². The number of hydrogen-bond acceptors (Lipinski definition) is 3. The maximum Gasteiger partial charge on any atom is 0.0991 e. The molecule has 0 spiro atoms. The van der Waals surface area contributed by atoms with Gasteiger partial charge in [0.2, 0.25) is 0 Å². The third-order valence-corrected chi connectivity index (χ3v) is 4.20. The van der Waals surface area contributed by atoms with Crippen molar-refractivity contribution in [1.29, 1.82) is 5.26 Å². The van der Waals surface area contributed by atoms with Crippen LogP contribution < -0.4 is 0 Å². The Balaban J connectivity index is 0.00000176. The number of aliphatic hydroxyl groups excluding tert-OH is 1. The Kier molecular flexibility index (Phi) is 9.19. The zero-order chi connectivity index (χ0) is 20.4. The molecule has 0 bridgehead atoms. The Morgan fingerprint density at radius 2 is 1.96 bits per heavy atom. The standard InChI is InChI=1S/C22H24N2O.C2H6/c1-5-8-15(3)19(6-2)21-12-11-20(16(4)25)22(24-21)18-10-7-9-17(13-18)14-23;1-2/h5,7-13,16,25H,6H2,1-4H3;1-2H3/b8-5-,19-15-;. The van der Waals surface area contributed by atoms with E-state index >= 15 is 0 Å². The third kappa shape index (κ3) is 5.64. The molecule has 0 aliphatic rings. The van der Waals surface area contributed by atoms with E-state index < -0.39 is 6.10 Å². The molecule has 1 heterocycles. The lowest BCUT2D eigenvalue weighted by Gasteiger charge is -2.15. The molecule has 0 radical (unpaired) electrons. The Hall–Kier alpha value is -2.70. The second kappa shape index (κ2) is 11.1. The van der Waals surface area contributed by atoms with Crippen LogP contribution in [0.4, 0.5) is 0 Å². The molecule has 1 atom stereocenters. The average molecular weight is 363 g/mol. The predicted molar refractivity (Wildman–Crippen MR) is 114 cm³/mol. The average Bonchev–Trinajstić information content (AvgIpc) is 2.70. The molecule has 1 N–H and O–H groups in total. The quantitative estimate of drug-likeness (QED) is 0.621. The van der Waals surface area contributed by atoms with E-state index in [1.165, 1.54) is 11.1 Å². The van der Waals surface area contributed by atoms with E-state index in [9.17, 15) is 5.11 Å². The summed E-state index contributed by atoms with van der Waals surface area (Å²) >= 11 is 0. The number of aliphatic hydroxyl groups is 1. The molecule has 0 saturated heterocycles. The molecule has 0 amide bonds. The summed E-state index contributed by atoms with van der Waals surface area (Å²) in [6.07, 6.45) is 4.34. The number of benzene rings is 1. The minimum atomic E-state index is -0.631. The van der Waals surface area contributed by atoms with Crippen LogP contribution in [0, 0.1) is 11.3 Å². The molecular weight excluding hydrogens is 332 g/mol. The van der Waals surface area contributed by atoms with Crippen molar-refractivity contribution in [2.75, 3.05) is 0 Å². The van der Waals surface area contributed by atoms with E-state index in [4.69, 9.17) is 10.2 Å². The van der Waals surface area contributed by atoms with E-state index in [1.54, 1.807) is 13.0 Å². The van der Waals surface area contributed by atoms with Crippen LogP contribution in [0.25, 0.3) is 16.8 Å². The van der Waals surface area contributed by atoms with Crippen molar-refractivity contribution in [2.45, 2.75) is 54.1 Å². The summed E-state index contributed by atoms with van der Waals surface area (Å²) in [7, 11) is 0. The van der Waals surface area contributed by atoms with Crippen LogP contribution in [0.5, 0.6) is 0 Å². The van der Waals surface area contributed by atoms with Gasteiger partial charge in [-0.3, -0.25) is 0 Å². The highest BCUT2D eigenvalue weighted by Gasteiger charge is 2.15. The van der Waals surface area contributed by atoms with Crippen molar-refractivity contribution >= 4 is 5.57 Å². The second-order valence-corrected chi connectivity index (χ2v) is 6.02. The van der Waals surface area contributed by atoms with Gasteiger partial charge >= 0.3 is 0 Å². The number of aromatic nitrogens is 1. The van der Waals surface area contributed by atoms with Crippen molar-refractivity contribution < 1.29 is 5.11 Å². The highest BCUT2D eigenvalue weighted by atomic mass is 16.3. The molecule has 142 valence electrons. The first kappa shape index (κ1) is 22.3. The van der Waals surface area contributed by atoms with Crippen molar-refractivity contribution in [3.05, 3.63) is 70.9 Å². The fourth-order valence-electron chi connectivity index (χ4n) is 2.95. The van der Waals surface area contributed by atoms with Crippen LogP contribution >= 0.6 is 0 Å². The van der Waals surface area contributed by atoms with Gasteiger partial charge in [0.25, 0.3) is 0 Å². The van der Waals surface area contributed by atoms with Crippen LogP contribution in [0.1, 0.15) is 70.9 Å². The maximum atomic E-state index is 10.1. The topological polar surface area (TPSA) is 56.9 Å². The zero-order valence-electron chi connectivity index (χ0n) is 17.2. The highest BCUT2D eigenvalue weighted by molar-refractivity contribution is 5.72. The largest absolute Gasteiger partial charge is 0.389 e. The third-order valence-electron chi connectivity index (χ3n) is 4.20. The molecule has 2 rings (SSSR count). The molecule has 3 nitrogen and oxygen atoms in total. The summed E-state index contributed by atoms with van der Waals surface area (Å²) in [5.41, 5.74) is 6.17. The highest BCUT2D eigenvalue weighted by Crippen LogP contribution is 2.30. The van der Waals surface area contributed by atoms with Gasteiger partial charge < -0.3 is 5.11 Å².